The molecule has 0 unspecified atom stereocenters. The first-order valence-electron chi connectivity index (χ1n) is 5.86. The molecule has 0 aliphatic carbocycles. The van der Waals surface area contributed by atoms with Crippen molar-refractivity contribution >= 4 is 12.2 Å². The number of hydrogen-bond donors (Lipinski definition) is 2. The summed E-state index contributed by atoms with van der Waals surface area (Å²) in [6.45, 7) is 5.62. The predicted molar refractivity (Wildman–Crippen MR) is 74.5 cm³/mol. The van der Waals surface area contributed by atoms with Gasteiger partial charge in [0.25, 0.3) is 5.56 Å². The third-order valence-electron chi connectivity index (χ3n) is 2.67. The standard InChI is InChI=1S/C13H15N5O/c1-8-4-5-9(2)11(6-8)7-14-17-13-15-12(19)10(3)16-18-13/h4-7H,1-3H3,(H2,15,17,18,19). The average molecular weight is 257 g/mol. The van der Waals surface area contributed by atoms with Crippen molar-refractivity contribution < 1.29 is 0 Å². The van der Waals surface area contributed by atoms with Gasteiger partial charge in [0.15, 0.2) is 0 Å². The zero-order chi connectivity index (χ0) is 13.8. The highest BCUT2D eigenvalue weighted by Crippen LogP contribution is 2.08. The second-order valence-corrected chi connectivity index (χ2v) is 4.32. The number of nitrogens with zero attached hydrogens (tertiary/aromatic N) is 3. The number of anilines is 1. The molecule has 2 aromatic rings. The lowest BCUT2D eigenvalue weighted by Gasteiger charge is -2.02. The van der Waals surface area contributed by atoms with E-state index in [0.717, 1.165) is 16.7 Å². The number of nitrogens with one attached hydrogen (secondary N) is 2. The maximum Gasteiger partial charge on any atom is 0.274 e. The normalized spacial score (nSPS) is 10.9. The Morgan fingerprint density at radius 1 is 1.26 bits per heavy atom. The number of benzene rings is 1. The lowest BCUT2D eigenvalue weighted by Crippen LogP contribution is -2.15. The molecule has 6 nitrogen and oxygen atoms in total. The molecule has 2 N–H and O–H groups in total. The van der Waals surface area contributed by atoms with Gasteiger partial charge in [0.1, 0.15) is 5.69 Å². The van der Waals surface area contributed by atoms with Gasteiger partial charge >= 0.3 is 0 Å². The van der Waals surface area contributed by atoms with Gasteiger partial charge in [0.05, 0.1) is 6.21 Å². The molecule has 1 heterocycles. The molecular weight excluding hydrogens is 242 g/mol. The van der Waals surface area contributed by atoms with Crippen LogP contribution in [0.15, 0.2) is 28.1 Å². The SMILES string of the molecule is Cc1ccc(C)c(C=NNc2nnc(C)c(=O)[nH]2)c1. The first kappa shape index (κ1) is 12.9. The topological polar surface area (TPSA) is 83.0 Å². The van der Waals surface area contributed by atoms with Crippen molar-refractivity contribution in [3.8, 4) is 0 Å². The van der Waals surface area contributed by atoms with Crippen molar-refractivity contribution in [2.75, 3.05) is 5.43 Å². The van der Waals surface area contributed by atoms with E-state index in [1.165, 1.54) is 0 Å². The van der Waals surface area contributed by atoms with E-state index in [1.54, 1.807) is 13.1 Å². The molecule has 0 fully saturated rings. The summed E-state index contributed by atoms with van der Waals surface area (Å²) in [4.78, 5) is 13.9. The van der Waals surface area contributed by atoms with E-state index >= 15 is 0 Å². The first-order valence-corrected chi connectivity index (χ1v) is 5.86. The molecule has 1 aromatic carbocycles. The lowest BCUT2D eigenvalue weighted by atomic mass is 10.1. The molecule has 0 radical (unpaired) electrons. The largest absolute Gasteiger partial charge is 0.288 e. The molecule has 0 bridgehead atoms. The van der Waals surface area contributed by atoms with Crippen molar-refractivity contribution in [2.45, 2.75) is 20.8 Å². The fourth-order valence-electron chi connectivity index (χ4n) is 1.51. The minimum atomic E-state index is -0.278. The van der Waals surface area contributed by atoms with Crippen LogP contribution in [0.1, 0.15) is 22.4 Å². The van der Waals surface area contributed by atoms with Gasteiger partial charge in [-0.05, 0) is 31.9 Å². The van der Waals surface area contributed by atoms with E-state index in [0.29, 0.717) is 5.69 Å². The van der Waals surface area contributed by atoms with E-state index < -0.39 is 0 Å². The summed E-state index contributed by atoms with van der Waals surface area (Å²) in [5, 5.41) is 11.5. The van der Waals surface area contributed by atoms with Crippen LogP contribution in [0.3, 0.4) is 0 Å². The summed E-state index contributed by atoms with van der Waals surface area (Å²) in [6.07, 6.45) is 1.68. The summed E-state index contributed by atoms with van der Waals surface area (Å²) in [7, 11) is 0. The van der Waals surface area contributed by atoms with Crippen molar-refractivity contribution in [1.29, 1.82) is 0 Å². The molecule has 2 rings (SSSR count). The third kappa shape index (κ3) is 3.25. The van der Waals surface area contributed by atoms with E-state index in [1.807, 2.05) is 32.0 Å². The van der Waals surface area contributed by atoms with Gasteiger partial charge in [0.2, 0.25) is 5.95 Å². The molecule has 0 aliphatic rings. The Kier molecular flexibility index (Phi) is 3.70. The number of aromatic nitrogens is 3. The van der Waals surface area contributed by atoms with Crippen LogP contribution in [0.2, 0.25) is 0 Å². The monoisotopic (exact) mass is 257 g/mol. The average Bonchev–Trinajstić information content (AvgIpc) is 2.38. The van der Waals surface area contributed by atoms with E-state index in [2.05, 4.69) is 25.7 Å². The Labute approximate surface area is 110 Å². The van der Waals surface area contributed by atoms with E-state index in [-0.39, 0.29) is 11.5 Å². The van der Waals surface area contributed by atoms with Crippen LogP contribution >= 0.6 is 0 Å². The third-order valence-corrected chi connectivity index (χ3v) is 2.67. The first-order chi connectivity index (χ1) is 9.06. The molecule has 0 spiro atoms. The lowest BCUT2D eigenvalue weighted by molar-refractivity contribution is 0.897. The summed E-state index contributed by atoms with van der Waals surface area (Å²) >= 11 is 0. The van der Waals surface area contributed by atoms with Gasteiger partial charge in [-0.2, -0.15) is 5.10 Å². The second-order valence-electron chi connectivity index (χ2n) is 4.32. The van der Waals surface area contributed by atoms with Crippen molar-refractivity contribution in [1.82, 2.24) is 15.2 Å². The number of hydrazone groups is 1. The van der Waals surface area contributed by atoms with Crippen molar-refractivity contribution in [2.24, 2.45) is 5.10 Å². The fraction of sp³-hybridized carbons (Fsp3) is 0.231. The molecule has 0 saturated carbocycles. The van der Waals surface area contributed by atoms with Crippen LogP contribution in [-0.4, -0.2) is 21.4 Å². The molecule has 19 heavy (non-hydrogen) atoms. The Morgan fingerprint density at radius 3 is 2.79 bits per heavy atom. The molecule has 0 amide bonds. The minimum absolute atomic E-state index is 0.220. The minimum Gasteiger partial charge on any atom is -0.288 e. The van der Waals surface area contributed by atoms with Crippen LogP contribution in [-0.2, 0) is 0 Å². The summed E-state index contributed by atoms with van der Waals surface area (Å²) in [5.41, 5.74) is 5.99. The van der Waals surface area contributed by atoms with Crippen LogP contribution in [0.4, 0.5) is 5.95 Å². The van der Waals surface area contributed by atoms with Gasteiger partial charge in [-0.1, -0.05) is 23.8 Å². The molecule has 0 saturated heterocycles. The summed E-state index contributed by atoms with van der Waals surface area (Å²) in [6, 6.07) is 6.11. The van der Waals surface area contributed by atoms with Gasteiger partial charge in [-0.3, -0.25) is 9.78 Å². The number of aryl methyl sites for hydroxylation is 3. The molecule has 98 valence electrons. The van der Waals surface area contributed by atoms with Gasteiger partial charge in [-0.25, -0.2) is 5.43 Å². The highest BCUT2D eigenvalue weighted by molar-refractivity contribution is 5.82. The number of rotatable bonds is 3. The molecular formula is C13H15N5O. The van der Waals surface area contributed by atoms with Gasteiger partial charge in [0, 0.05) is 0 Å². The zero-order valence-corrected chi connectivity index (χ0v) is 11.1. The highest BCUT2D eigenvalue weighted by atomic mass is 16.1. The predicted octanol–water partition coefficient (Wildman–Crippen LogP) is 1.54. The smallest absolute Gasteiger partial charge is 0.274 e. The van der Waals surface area contributed by atoms with Crippen molar-refractivity contribution in [3.63, 3.8) is 0 Å². The molecule has 0 atom stereocenters. The Hall–Kier alpha value is -2.50. The molecule has 6 heteroatoms. The summed E-state index contributed by atoms with van der Waals surface area (Å²) in [5.74, 6) is 0.220. The maximum absolute atomic E-state index is 11.3. The van der Waals surface area contributed by atoms with E-state index in [9.17, 15) is 4.79 Å². The Morgan fingerprint density at radius 2 is 2.05 bits per heavy atom. The zero-order valence-electron chi connectivity index (χ0n) is 11.1. The van der Waals surface area contributed by atoms with E-state index in [4.69, 9.17) is 0 Å². The molecule has 1 aromatic heterocycles. The highest BCUT2D eigenvalue weighted by Gasteiger charge is 1.98. The van der Waals surface area contributed by atoms with Gasteiger partial charge < -0.3 is 0 Å². The fourth-order valence-corrected chi connectivity index (χ4v) is 1.51. The quantitative estimate of drug-likeness (QED) is 0.645. The number of hydrogen-bond acceptors (Lipinski definition) is 5. The number of aromatic amines is 1. The Balaban J connectivity index is 2.13. The van der Waals surface area contributed by atoms with Crippen molar-refractivity contribution in [3.05, 3.63) is 50.9 Å². The number of H-pyrrole nitrogens is 1. The Bertz CT molecular complexity index is 675. The van der Waals surface area contributed by atoms with Crippen LogP contribution < -0.4 is 11.0 Å². The van der Waals surface area contributed by atoms with Crippen LogP contribution in [0.25, 0.3) is 0 Å². The van der Waals surface area contributed by atoms with Crippen LogP contribution in [0, 0.1) is 20.8 Å². The second kappa shape index (κ2) is 5.43. The molecule has 0 aliphatic heterocycles. The maximum atomic E-state index is 11.3. The van der Waals surface area contributed by atoms with Crippen LogP contribution in [0.5, 0.6) is 0 Å². The summed E-state index contributed by atoms with van der Waals surface area (Å²) < 4.78 is 0. The van der Waals surface area contributed by atoms with Gasteiger partial charge in [-0.15, -0.1) is 10.2 Å².